The van der Waals surface area contributed by atoms with Crippen molar-refractivity contribution in [2.75, 3.05) is 0 Å². The maximum atomic E-state index is 6.14. The number of benzene rings is 2. The number of ether oxygens (including phenoxy) is 1. The molecule has 0 fully saturated rings. The second kappa shape index (κ2) is 4.77. The maximum absolute atomic E-state index is 6.14. The quantitative estimate of drug-likeness (QED) is 0.738. The molecule has 0 atom stereocenters. The van der Waals surface area contributed by atoms with Gasteiger partial charge in [-0.15, -0.1) is 0 Å². The van der Waals surface area contributed by atoms with Crippen LogP contribution in [0, 0.1) is 0 Å². The first-order valence-corrected chi connectivity index (χ1v) is 5.61. The van der Waals surface area contributed by atoms with Gasteiger partial charge in [-0.05, 0) is 12.1 Å². The van der Waals surface area contributed by atoms with Crippen LogP contribution in [0.3, 0.4) is 0 Å². The van der Waals surface area contributed by atoms with Crippen molar-refractivity contribution < 1.29 is 4.74 Å². The van der Waals surface area contributed by atoms with E-state index in [1.54, 1.807) is 0 Å². The molecular formula is C13H10Cl2O. The molecule has 2 rings (SSSR count). The highest BCUT2D eigenvalue weighted by atomic mass is 35.5. The number of hydrogen-bond donors (Lipinski definition) is 0. The minimum absolute atomic E-state index is 0.636. The molecule has 2 aromatic carbocycles. The van der Waals surface area contributed by atoms with Crippen LogP contribution in [0.2, 0.25) is 0 Å². The Balaban J connectivity index is 2.21. The zero-order valence-electron chi connectivity index (χ0n) is 8.44. The normalized spacial score (nSPS) is 11.1. The van der Waals surface area contributed by atoms with Crippen LogP contribution < -0.4 is 4.74 Å². The summed E-state index contributed by atoms with van der Waals surface area (Å²) < 4.78 is 4.16. The lowest BCUT2D eigenvalue weighted by Gasteiger charge is -2.21. The van der Waals surface area contributed by atoms with E-state index in [1.165, 1.54) is 0 Å². The molecule has 1 nitrogen and oxygen atoms in total. The fourth-order valence-electron chi connectivity index (χ4n) is 1.33. The first-order valence-electron chi connectivity index (χ1n) is 4.86. The van der Waals surface area contributed by atoms with E-state index in [-0.39, 0.29) is 0 Å². The van der Waals surface area contributed by atoms with Crippen molar-refractivity contribution in [1.82, 2.24) is 0 Å². The molecule has 16 heavy (non-hydrogen) atoms. The van der Waals surface area contributed by atoms with Crippen molar-refractivity contribution >= 4 is 23.2 Å². The van der Waals surface area contributed by atoms with Crippen LogP contribution in [0.4, 0.5) is 0 Å². The first-order chi connectivity index (χ1) is 7.68. The number of hydrogen-bond acceptors (Lipinski definition) is 1. The number of para-hydroxylation sites is 1. The smallest absolute Gasteiger partial charge is 0.284 e. The van der Waals surface area contributed by atoms with Gasteiger partial charge in [-0.25, -0.2) is 0 Å². The highest BCUT2D eigenvalue weighted by molar-refractivity contribution is 6.47. The fraction of sp³-hybridized carbons (Fsp3) is 0.0769. The Hall–Kier alpha value is -1.18. The number of rotatable bonds is 3. The van der Waals surface area contributed by atoms with Crippen molar-refractivity contribution in [2.45, 2.75) is 4.52 Å². The van der Waals surface area contributed by atoms with Crippen LogP contribution in [-0.4, -0.2) is 0 Å². The summed E-state index contributed by atoms with van der Waals surface area (Å²) in [6, 6.07) is 18.5. The summed E-state index contributed by atoms with van der Waals surface area (Å²) in [5.41, 5.74) is 0.710. The molecule has 0 radical (unpaired) electrons. The van der Waals surface area contributed by atoms with Crippen molar-refractivity contribution in [2.24, 2.45) is 0 Å². The minimum Gasteiger partial charge on any atom is -0.454 e. The van der Waals surface area contributed by atoms with Crippen LogP contribution >= 0.6 is 23.2 Å². The highest BCUT2D eigenvalue weighted by Crippen LogP contribution is 2.35. The molecular weight excluding hydrogens is 243 g/mol. The van der Waals surface area contributed by atoms with Gasteiger partial charge < -0.3 is 4.74 Å². The van der Waals surface area contributed by atoms with Crippen LogP contribution in [0.15, 0.2) is 60.7 Å². The van der Waals surface area contributed by atoms with E-state index in [0.717, 1.165) is 0 Å². The predicted molar refractivity (Wildman–Crippen MR) is 66.9 cm³/mol. The van der Waals surface area contributed by atoms with Crippen molar-refractivity contribution in [3.05, 3.63) is 66.2 Å². The van der Waals surface area contributed by atoms with Gasteiger partial charge >= 0.3 is 0 Å². The summed E-state index contributed by atoms with van der Waals surface area (Å²) in [6.45, 7) is 0. The molecule has 0 amide bonds. The van der Waals surface area contributed by atoms with Crippen LogP contribution in [-0.2, 0) is 4.52 Å². The largest absolute Gasteiger partial charge is 0.454 e. The lowest BCUT2D eigenvalue weighted by atomic mass is 10.2. The Labute approximate surface area is 105 Å². The molecule has 0 saturated carbocycles. The second-order valence-corrected chi connectivity index (χ2v) is 4.56. The van der Waals surface area contributed by atoms with Gasteiger partial charge in [-0.3, -0.25) is 0 Å². The van der Waals surface area contributed by atoms with Gasteiger partial charge in [0, 0.05) is 5.56 Å². The zero-order chi connectivity index (χ0) is 11.4. The monoisotopic (exact) mass is 252 g/mol. The number of alkyl halides is 2. The SMILES string of the molecule is ClC(Cl)(Oc1ccccc1)c1ccccc1. The van der Waals surface area contributed by atoms with Crippen molar-refractivity contribution in [1.29, 1.82) is 0 Å². The Kier molecular flexibility index (Phi) is 3.37. The van der Waals surface area contributed by atoms with E-state index in [0.29, 0.717) is 11.3 Å². The third-order valence-corrected chi connectivity index (χ3v) is 2.69. The topological polar surface area (TPSA) is 9.23 Å². The van der Waals surface area contributed by atoms with Gasteiger partial charge in [-0.1, -0.05) is 71.7 Å². The summed E-state index contributed by atoms with van der Waals surface area (Å²) in [5, 5.41) is 0. The molecule has 0 aliphatic heterocycles. The molecule has 0 aromatic heterocycles. The molecule has 3 heteroatoms. The molecule has 0 aliphatic rings. The average Bonchev–Trinajstić information content (AvgIpc) is 2.31. The highest BCUT2D eigenvalue weighted by Gasteiger charge is 2.28. The van der Waals surface area contributed by atoms with Gasteiger partial charge in [0.05, 0.1) is 0 Å². The number of halogens is 2. The molecule has 2 aromatic rings. The lowest BCUT2D eigenvalue weighted by molar-refractivity contribution is 0.246. The Morgan fingerprint density at radius 3 is 1.81 bits per heavy atom. The van der Waals surface area contributed by atoms with Gasteiger partial charge in [0.15, 0.2) is 0 Å². The molecule has 0 saturated heterocycles. The molecule has 0 spiro atoms. The van der Waals surface area contributed by atoms with E-state index in [9.17, 15) is 0 Å². The Bertz CT molecular complexity index is 440. The third kappa shape index (κ3) is 2.69. The van der Waals surface area contributed by atoms with E-state index < -0.39 is 4.52 Å². The van der Waals surface area contributed by atoms with Gasteiger partial charge in [0.1, 0.15) is 5.75 Å². The van der Waals surface area contributed by atoms with E-state index in [1.807, 2.05) is 60.7 Å². The van der Waals surface area contributed by atoms with Gasteiger partial charge in [0.25, 0.3) is 4.52 Å². The summed E-state index contributed by atoms with van der Waals surface area (Å²) in [5.74, 6) is 0.636. The summed E-state index contributed by atoms with van der Waals surface area (Å²) in [7, 11) is 0. The summed E-state index contributed by atoms with van der Waals surface area (Å²) in [4.78, 5) is 0. The van der Waals surface area contributed by atoms with Crippen LogP contribution in [0.5, 0.6) is 5.75 Å². The standard InChI is InChI=1S/C13H10Cl2O/c14-13(15,11-7-3-1-4-8-11)16-12-9-5-2-6-10-12/h1-10H. The average molecular weight is 253 g/mol. The van der Waals surface area contributed by atoms with E-state index in [4.69, 9.17) is 27.9 Å². The molecule has 0 heterocycles. The Morgan fingerprint density at radius 2 is 1.25 bits per heavy atom. The second-order valence-electron chi connectivity index (χ2n) is 3.30. The minimum atomic E-state index is -1.36. The van der Waals surface area contributed by atoms with E-state index in [2.05, 4.69) is 0 Å². The van der Waals surface area contributed by atoms with Crippen LogP contribution in [0.1, 0.15) is 5.56 Å². The molecule has 0 unspecified atom stereocenters. The molecule has 82 valence electrons. The van der Waals surface area contributed by atoms with Gasteiger partial charge in [-0.2, -0.15) is 0 Å². The zero-order valence-corrected chi connectivity index (χ0v) is 9.95. The third-order valence-electron chi connectivity index (χ3n) is 2.10. The van der Waals surface area contributed by atoms with Crippen LogP contribution in [0.25, 0.3) is 0 Å². The van der Waals surface area contributed by atoms with E-state index >= 15 is 0 Å². The first kappa shape index (κ1) is 11.3. The molecule has 0 aliphatic carbocycles. The summed E-state index contributed by atoms with van der Waals surface area (Å²) >= 11 is 12.3. The molecule has 0 bridgehead atoms. The molecule has 0 N–H and O–H groups in total. The lowest BCUT2D eigenvalue weighted by Crippen LogP contribution is -2.18. The maximum Gasteiger partial charge on any atom is 0.284 e. The summed E-state index contributed by atoms with van der Waals surface area (Å²) in [6.07, 6.45) is 0. The van der Waals surface area contributed by atoms with Crippen molar-refractivity contribution in [3.8, 4) is 5.75 Å². The van der Waals surface area contributed by atoms with Gasteiger partial charge in [0.2, 0.25) is 0 Å². The fourth-order valence-corrected chi connectivity index (χ4v) is 1.76. The Morgan fingerprint density at radius 1 is 0.750 bits per heavy atom. The van der Waals surface area contributed by atoms with Crippen molar-refractivity contribution in [3.63, 3.8) is 0 Å². The predicted octanol–water partition coefficient (Wildman–Crippen LogP) is 4.35.